The van der Waals surface area contributed by atoms with Crippen molar-refractivity contribution in [3.63, 3.8) is 0 Å². The topological polar surface area (TPSA) is 46.2 Å². The summed E-state index contributed by atoms with van der Waals surface area (Å²) in [6, 6.07) is 0. The van der Waals surface area contributed by atoms with E-state index in [1.807, 2.05) is 0 Å². The van der Waals surface area contributed by atoms with Crippen LogP contribution in [0.1, 0.15) is 84.0 Å². The van der Waals surface area contributed by atoms with Crippen LogP contribution in [-0.2, 0) is 0 Å². The summed E-state index contributed by atoms with van der Waals surface area (Å²) in [7, 11) is 0. The third kappa shape index (κ3) is 14.5. The Kier molecular flexibility index (Phi) is 14.1. The summed E-state index contributed by atoms with van der Waals surface area (Å²) in [6.07, 6.45) is 14.8. The van der Waals surface area contributed by atoms with Gasteiger partial charge in [0.05, 0.1) is 0 Å². The Balaban J connectivity index is 3.07. The van der Waals surface area contributed by atoms with E-state index in [1.165, 1.54) is 64.2 Å². The van der Waals surface area contributed by atoms with E-state index in [9.17, 15) is 0 Å². The molecule has 110 valence electrons. The molecule has 0 fully saturated rings. The van der Waals surface area contributed by atoms with Gasteiger partial charge in [-0.3, -0.25) is 0 Å². The molecule has 3 N–H and O–H groups in total. The average molecular weight is 322 g/mol. The van der Waals surface area contributed by atoms with Crippen molar-refractivity contribution in [2.45, 2.75) is 95.0 Å². The standard InChI is InChI=1S/C15H32BrNO/c1-2-3-4-5-6-7-8-9-10-11-12-14(16)13-15(17)18/h14-15,18H,2-13,17H2,1H3. The molecule has 0 saturated heterocycles. The molecule has 0 heterocycles. The minimum absolute atomic E-state index is 0.381. The second kappa shape index (κ2) is 13.8. The van der Waals surface area contributed by atoms with Crippen molar-refractivity contribution < 1.29 is 5.11 Å². The maximum Gasteiger partial charge on any atom is 0.103 e. The van der Waals surface area contributed by atoms with Crippen LogP contribution >= 0.6 is 15.9 Å². The number of hydrogen-bond acceptors (Lipinski definition) is 2. The molecule has 2 unspecified atom stereocenters. The van der Waals surface area contributed by atoms with Gasteiger partial charge in [-0.2, -0.15) is 0 Å². The molecule has 2 atom stereocenters. The lowest BCUT2D eigenvalue weighted by Gasteiger charge is -2.11. The number of nitrogens with two attached hydrogens (primary N) is 1. The molecule has 3 heteroatoms. The molecule has 0 aromatic rings. The SMILES string of the molecule is CCCCCCCCCCCCC(Br)CC(N)O. The predicted molar refractivity (Wildman–Crippen MR) is 84.0 cm³/mol. The summed E-state index contributed by atoms with van der Waals surface area (Å²) in [5.74, 6) is 0. The Bertz CT molecular complexity index is 165. The molecule has 0 aliphatic rings. The van der Waals surface area contributed by atoms with Crippen molar-refractivity contribution in [3.8, 4) is 0 Å². The normalized spacial score (nSPS) is 14.7. The van der Waals surface area contributed by atoms with Crippen LogP contribution in [0.2, 0.25) is 0 Å². The van der Waals surface area contributed by atoms with Crippen molar-refractivity contribution in [1.29, 1.82) is 0 Å². The Morgan fingerprint density at radius 2 is 1.33 bits per heavy atom. The lowest BCUT2D eigenvalue weighted by molar-refractivity contribution is 0.170. The van der Waals surface area contributed by atoms with Gasteiger partial charge in [0.25, 0.3) is 0 Å². The van der Waals surface area contributed by atoms with Gasteiger partial charge >= 0.3 is 0 Å². The van der Waals surface area contributed by atoms with Gasteiger partial charge in [0, 0.05) is 4.83 Å². The Hall–Kier alpha value is 0.400. The van der Waals surface area contributed by atoms with Crippen molar-refractivity contribution in [3.05, 3.63) is 0 Å². The summed E-state index contributed by atoms with van der Waals surface area (Å²) in [6.45, 7) is 2.26. The van der Waals surface area contributed by atoms with Crippen LogP contribution in [0.3, 0.4) is 0 Å². The summed E-state index contributed by atoms with van der Waals surface area (Å²) in [5, 5.41) is 9.03. The zero-order valence-electron chi connectivity index (χ0n) is 12.0. The lowest BCUT2D eigenvalue weighted by atomic mass is 10.0. The van der Waals surface area contributed by atoms with Crippen molar-refractivity contribution >= 4 is 15.9 Å². The predicted octanol–water partition coefficient (Wildman–Crippen LogP) is 4.73. The summed E-state index contributed by atoms with van der Waals surface area (Å²) >= 11 is 3.56. The van der Waals surface area contributed by atoms with Gasteiger partial charge in [-0.05, 0) is 12.8 Å². The first-order chi connectivity index (χ1) is 8.66. The van der Waals surface area contributed by atoms with Crippen LogP contribution < -0.4 is 5.73 Å². The van der Waals surface area contributed by atoms with Gasteiger partial charge in [0.15, 0.2) is 0 Å². The minimum atomic E-state index is -0.669. The van der Waals surface area contributed by atoms with E-state index in [1.54, 1.807) is 0 Å². The van der Waals surface area contributed by atoms with E-state index < -0.39 is 6.23 Å². The number of unbranched alkanes of at least 4 members (excludes halogenated alkanes) is 9. The zero-order valence-corrected chi connectivity index (χ0v) is 13.6. The van der Waals surface area contributed by atoms with Crippen LogP contribution in [0.5, 0.6) is 0 Å². The smallest absolute Gasteiger partial charge is 0.103 e. The minimum Gasteiger partial charge on any atom is -0.379 e. The number of hydrogen-bond donors (Lipinski definition) is 2. The van der Waals surface area contributed by atoms with Crippen LogP contribution in [0, 0.1) is 0 Å². The third-order valence-corrected chi connectivity index (χ3v) is 4.20. The number of rotatable bonds is 13. The monoisotopic (exact) mass is 321 g/mol. The highest BCUT2D eigenvalue weighted by Gasteiger charge is 2.07. The molecule has 0 aromatic carbocycles. The van der Waals surface area contributed by atoms with Crippen LogP contribution in [0.15, 0.2) is 0 Å². The van der Waals surface area contributed by atoms with Gasteiger partial charge < -0.3 is 10.8 Å². The average Bonchev–Trinajstić information content (AvgIpc) is 2.30. The van der Waals surface area contributed by atoms with E-state index >= 15 is 0 Å². The van der Waals surface area contributed by atoms with Gasteiger partial charge in [-0.15, -0.1) is 0 Å². The van der Waals surface area contributed by atoms with Crippen LogP contribution in [0.25, 0.3) is 0 Å². The highest BCUT2D eigenvalue weighted by atomic mass is 79.9. The summed E-state index contributed by atoms with van der Waals surface area (Å²) in [4.78, 5) is 0.381. The highest BCUT2D eigenvalue weighted by molar-refractivity contribution is 9.09. The maximum absolute atomic E-state index is 9.03. The van der Waals surface area contributed by atoms with E-state index in [2.05, 4.69) is 22.9 Å². The van der Waals surface area contributed by atoms with Crippen LogP contribution in [0.4, 0.5) is 0 Å². The molecule has 0 rings (SSSR count). The molecular weight excluding hydrogens is 290 g/mol. The van der Waals surface area contributed by atoms with Crippen molar-refractivity contribution in [2.75, 3.05) is 0 Å². The summed E-state index contributed by atoms with van der Waals surface area (Å²) in [5.41, 5.74) is 5.34. The van der Waals surface area contributed by atoms with E-state index in [0.717, 1.165) is 6.42 Å². The fraction of sp³-hybridized carbons (Fsp3) is 1.00. The Morgan fingerprint density at radius 1 is 0.889 bits per heavy atom. The van der Waals surface area contributed by atoms with E-state index in [4.69, 9.17) is 10.8 Å². The van der Waals surface area contributed by atoms with Crippen molar-refractivity contribution in [1.82, 2.24) is 0 Å². The molecule has 0 amide bonds. The first-order valence-electron chi connectivity index (χ1n) is 7.74. The quantitative estimate of drug-likeness (QED) is 0.292. The molecule has 0 aliphatic heterocycles. The lowest BCUT2D eigenvalue weighted by Crippen LogP contribution is -2.22. The van der Waals surface area contributed by atoms with Gasteiger partial charge in [-0.1, -0.05) is 87.1 Å². The highest BCUT2D eigenvalue weighted by Crippen LogP contribution is 2.17. The largest absolute Gasteiger partial charge is 0.379 e. The molecule has 2 nitrogen and oxygen atoms in total. The molecule has 18 heavy (non-hydrogen) atoms. The summed E-state index contributed by atoms with van der Waals surface area (Å²) < 4.78 is 0. The van der Waals surface area contributed by atoms with Gasteiger partial charge in [0.1, 0.15) is 6.23 Å². The second-order valence-electron chi connectivity index (χ2n) is 5.37. The first kappa shape index (κ1) is 18.4. The van der Waals surface area contributed by atoms with Crippen LogP contribution in [-0.4, -0.2) is 16.2 Å². The Labute approximate surface area is 122 Å². The molecule has 0 radical (unpaired) electrons. The van der Waals surface area contributed by atoms with E-state index in [0.29, 0.717) is 11.2 Å². The van der Waals surface area contributed by atoms with Gasteiger partial charge in [0.2, 0.25) is 0 Å². The molecule has 0 aromatic heterocycles. The number of aliphatic hydroxyl groups excluding tert-OH is 1. The molecular formula is C15H32BrNO. The maximum atomic E-state index is 9.03. The fourth-order valence-electron chi connectivity index (χ4n) is 2.23. The molecule has 0 spiro atoms. The van der Waals surface area contributed by atoms with E-state index in [-0.39, 0.29) is 0 Å². The third-order valence-electron chi connectivity index (χ3n) is 3.37. The Morgan fingerprint density at radius 3 is 1.78 bits per heavy atom. The number of alkyl halides is 1. The molecule has 0 bridgehead atoms. The van der Waals surface area contributed by atoms with Gasteiger partial charge in [-0.25, -0.2) is 0 Å². The van der Waals surface area contributed by atoms with Crippen molar-refractivity contribution in [2.24, 2.45) is 5.73 Å². The molecule has 0 aliphatic carbocycles. The number of aliphatic hydroxyl groups is 1. The zero-order chi connectivity index (χ0) is 13.6. The molecule has 0 saturated carbocycles. The first-order valence-corrected chi connectivity index (χ1v) is 8.66. The second-order valence-corrected chi connectivity index (χ2v) is 6.67. The fourth-order valence-corrected chi connectivity index (χ4v) is 2.94. The number of halogens is 1.